The minimum Gasteiger partial charge on any atom is -0.341 e. The number of rotatable bonds is 8. The molecule has 172 valence electrons. The highest BCUT2D eigenvalue weighted by atomic mass is 16.2. The van der Waals surface area contributed by atoms with Crippen LogP contribution in [0.4, 0.5) is 4.79 Å². The van der Waals surface area contributed by atoms with Crippen LogP contribution in [0, 0.1) is 22.7 Å². The fourth-order valence-electron chi connectivity index (χ4n) is 5.48. The summed E-state index contributed by atoms with van der Waals surface area (Å²) in [7, 11) is 3.48. The van der Waals surface area contributed by atoms with Gasteiger partial charge in [0.1, 0.15) is 0 Å². The fourth-order valence-corrected chi connectivity index (χ4v) is 5.48. The van der Waals surface area contributed by atoms with Crippen LogP contribution in [-0.4, -0.2) is 31.6 Å². The fraction of sp³-hybridized carbons (Fsp3) is 0.741. The Morgan fingerprint density at radius 1 is 1.33 bits per heavy atom. The van der Waals surface area contributed by atoms with Crippen LogP contribution in [0.5, 0.6) is 0 Å². The van der Waals surface area contributed by atoms with Crippen LogP contribution in [0.25, 0.3) is 0 Å². The average Bonchev–Trinajstić information content (AvgIpc) is 3.19. The Kier molecular flexibility index (Phi) is 10.4. The van der Waals surface area contributed by atoms with Gasteiger partial charge in [-0.05, 0) is 69.1 Å². The van der Waals surface area contributed by atoms with E-state index in [1.807, 2.05) is 26.1 Å². The molecule has 3 heteroatoms. The van der Waals surface area contributed by atoms with Gasteiger partial charge in [0.15, 0.2) is 0 Å². The number of carbonyl (C=O) groups excluding carboxylic acids is 1. The van der Waals surface area contributed by atoms with Gasteiger partial charge in [-0.2, -0.15) is 0 Å². The SMILES string of the molecule is C=C(CCCC)C(CN(C)C(=O)NC)/C(C)=C/C=C\C.CC12CCC(C1)C(C)(C)C2. The minimum atomic E-state index is -0.0582. The van der Waals surface area contributed by atoms with Crippen LogP contribution in [-0.2, 0) is 0 Å². The number of unbranched alkanes of at least 4 members (excludes halogenated alkanes) is 1. The number of nitrogens with zero attached hydrogens (tertiary/aromatic N) is 1. The average molecular weight is 417 g/mol. The molecular weight excluding hydrogens is 368 g/mol. The summed E-state index contributed by atoms with van der Waals surface area (Å²) in [5.41, 5.74) is 3.88. The van der Waals surface area contributed by atoms with E-state index >= 15 is 0 Å². The summed E-state index contributed by atoms with van der Waals surface area (Å²) in [5.74, 6) is 1.28. The molecule has 0 aromatic heterocycles. The number of hydrogen-bond acceptors (Lipinski definition) is 1. The van der Waals surface area contributed by atoms with Crippen molar-refractivity contribution in [2.75, 3.05) is 20.6 Å². The van der Waals surface area contributed by atoms with Crippen molar-refractivity contribution in [2.24, 2.45) is 22.7 Å². The molecule has 3 unspecified atom stereocenters. The Morgan fingerprint density at radius 3 is 2.40 bits per heavy atom. The Hall–Kier alpha value is -1.51. The van der Waals surface area contributed by atoms with Crippen molar-refractivity contribution in [1.82, 2.24) is 10.2 Å². The van der Waals surface area contributed by atoms with E-state index in [4.69, 9.17) is 0 Å². The monoisotopic (exact) mass is 416 g/mol. The standard InChI is InChI=1S/C17H30N2O.C10H18/c1-7-9-11-14(3)16(15(4)12-10-8-2)13-19(6)17(20)18-5;1-9(2)7-10(3)5-4-8(9)6-10/h8,10,12,16H,3,7,9,11,13H2,1-2,4-6H3,(H,18,20);8H,4-7H2,1-3H3/b10-8-,15-12+;. The van der Waals surface area contributed by atoms with Crippen LogP contribution in [0.15, 0.2) is 36.0 Å². The number of fused-ring (bicyclic) bond motifs is 2. The van der Waals surface area contributed by atoms with Crippen LogP contribution < -0.4 is 5.32 Å². The second-order valence-electron chi connectivity index (χ2n) is 10.6. The van der Waals surface area contributed by atoms with Gasteiger partial charge in [0.25, 0.3) is 0 Å². The first kappa shape index (κ1) is 26.5. The van der Waals surface area contributed by atoms with Gasteiger partial charge in [-0.25, -0.2) is 4.79 Å². The molecule has 0 aromatic carbocycles. The molecule has 0 aliphatic heterocycles. The zero-order valence-corrected chi connectivity index (χ0v) is 21.1. The molecule has 30 heavy (non-hydrogen) atoms. The third kappa shape index (κ3) is 7.63. The van der Waals surface area contributed by atoms with E-state index in [9.17, 15) is 4.79 Å². The van der Waals surface area contributed by atoms with E-state index in [2.05, 4.69) is 52.6 Å². The molecule has 3 atom stereocenters. The van der Waals surface area contributed by atoms with Crippen molar-refractivity contribution < 1.29 is 4.79 Å². The van der Waals surface area contributed by atoms with Gasteiger partial charge in [0, 0.05) is 26.6 Å². The Balaban J connectivity index is 0.000000367. The molecule has 2 amide bonds. The van der Waals surface area contributed by atoms with E-state index in [0.29, 0.717) is 12.0 Å². The molecule has 0 spiro atoms. The van der Waals surface area contributed by atoms with Crippen molar-refractivity contribution in [3.63, 3.8) is 0 Å². The highest BCUT2D eigenvalue weighted by Crippen LogP contribution is 2.62. The topological polar surface area (TPSA) is 32.3 Å². The zero-order chi connectivity index (χ0) is 22.9. The van der Waals surface area contributed by atoms with Crippen molar-refractivity contribution in [2.45, 2.75) is 86.5 Å². The lowest BCUT2D eigenvalue weighted by Crippen LogP contribution is -2.38. The summed E-state index contributed by atoms with van der Waals surface area (Å²) in [6.45, 7) is 18.6. The number of amides is 2. The highest BCUT2D eigenvalue weighted by molar-refractivity contribution is 5.73. The Labute approximate surface area is 187 Å². The Bertz CT molecular complexity index is 628. The van der Waals surface area contributed by atoms with Gasteiger partial charge in [0.2, 0.25) is 0 Å². The zero-order valence-electron chi connectivity index (χ0n) is 21.1. The summed E-state index contributed by atoms with van der Waals surface area (Å²) in [6.07, 6.45) is 15.5. The molecule has 0 saturated heterocycles. The third-order valence-electron chi connectivity index (χ3n) is 7.29. The number of hydrogen-bond donors (Lipinski definition) is 1. The lowest BCUT2D eigenvalue weighted by molar-refractivity contribution is 0.182. The molecule has 2 fully saturated rings. The predicted octanol–water partition coefficient (Wildman–Crippen LogP) is 7.37. The smallest absolute Gasteiger partial charge is 0.316 e. The van der Waals surface area contributed by atoms with Crippen LogP contribution in [0.3, 0.4) is 0 Å². The normalized spacial score (nSPS) is 25.6. The molecule has 2 aliphatic carbocycles. The van der Waals surface area contributed by atoms with Crippen molar-refractivity contribution in [3.8, 4) is 0 Å². The second-order valence-corrected chi connectivity index (χ2v) is 10.6. The lowest BCUT2D eigenvalue weighted by atomic mass is 9.73. The molecule has 2 saturated carbocycles. The van der Waals surface area contributed by atoms with Gasteiger partial charge in [-0.1, -0.05) is 70.1 Å². The number of urea groups is 1. The first-order valence-corrected chi connectivity index (χ1v) is 11.9. The molecule has 0 radical (unpaired) electrons. The van der Waals surface area contributed by atoms with Gasteiger partial charge in [0.05, 0.1) is 0 Å². The van der Waals surface area contributed by atoms with Gasteiger partial charge >= 0.3 is 6.03 Å². The summed E-state index contributed by atoms with van der Waals surface area (Å²) in [6, 6.07) is -0.0582. The van der Waals surface area contributed by atoms with E-state index < -0.39 is 0 Å². The maximum Gasteiger partial charge on any atom is 0.316 e. The molecule has 3 nitrogen and oxygen atoms in total. The summed E-state index contributed by atoms with van der Waals surface area (Å²) < 4.78 is 0. The van der Waals surface area contributed by atoms with E-state index in [1.165, 1.54) is 36.8 Å². The van der Waals surface area contributed by atoms with Crippen LogP contribution >= 0.6 is 0 Å². The Morgan fingerprint density at radius 2 is 2.00 bits per heavy atom. The number of allylic oxidation sites excluding steroid dienone is 3. The molecule has 2 bridgehead atoms. The van der Waals surface area contributed by atoms with E-state index in [1.54, 1.807) is 11.9 Å². The lowest BCUT2D eigenvalue weighted by Gasteiger charge is -2.32. The molecule has 1 N–H and O–H groups in total. The van der Waals surface area contributed by atoms with Gasteiger partial charge in [-0.15, -0.1) is 0 Å². The maximum absolute atomic E-state index is 11.7. The number of nitrogens with one attached hydrogen (secondary N) is 1. The summed E-state index contributed by atoms with van der Waals surface area (Å²) in [5, 5.41) is 2.66. The van der Waals surface area contributed by atoms with Crippen molar-refractivity contribution >= 4 is 6.03 Å². The predicted molar refractivity (Wildman–Crippen MR) is 132 cm³/mol. The van der Waals surface area contributed by atoms with Crippen LogP contribution in [0.1, 0.15) is 86.5 Å². The molecule has 2 aliphatic rings. The van der Waals surface area contributed by atoms with Crippen LogP contribution in [0.2, 0.25) is 0 Å². The molecular formula is C27H48N2O. The van der Waals surface area contributed by atoms with Crippen molar-refractivity contribution in [1.29, 1.82) is 0 Å². The second kappa shape index (κ2) is 11.8. The first-order valence-electron chi connectivity index (χ1n) is 11.9. The minimum absolute atomic E-state index is 0.0582. The van der Waals surface area contributed by atoms with Gasteiger partial charge in [-0.3, -0.25) is 0 Å². The van der Waals surface area contributed by atoms with E-state index in [0.717, 1.165) is 30.6 Å². The molecule has 2 rings (SSSR count). The highest BCUT2D eigenvalue weighted by Gasteiger charge is 2.51. The van der Waals surface area contributed by atoms with Crippen molar-refractivity contribution in [3.05, 3.63) is 36.0 Å². The van der Waals surface area contributed by atoms with Gasteiger partial charge < -0.3 is 10.2 Å². The quantitative estimate of drug-likeness (QED) is 0.325. The summed E-state index contributed by atoms with van der Waals surface area (Å²) in [4.78, 5) is 13.4. The first-order chi connectivity index (χ1) is 14.0. The molecule has 0 aromatic rings. The van der Waals surface area contributed by atoms with E-state index in [-0.39, 0.29) is 11.9 Å². The number of carbonyl (C=O) groups is 1. The maximum atomic E-state index is 11.7. The molecule has 0 heterocycles. The largest absolute Gasteiger partial charge is 0.341 e. The third-order valence-corrected chi connectivity index (χ3v) is 7.29. The summed E-state index contributed by atoms with van der Waals surface area (Å²) >= 11 is 0.